The molecule has 1 aromatic rings. The van der Waals surface area contributed by atoms with Crippen molar-refractivity contribution in [2.75, 3.05) is 52.3 Å². The maximum atomic E-state index is 5.30. The van der Waals surface area contributed by atoms with E-state index in [4.69, 9.17) is 4.74 Å². The summed E-state index contributed by atoms with van der Waals surface area (Å²) < 4.78 is 5.30. The van der Waals surface area contributed by atoms with E-state index in [1.807, 2.05) is 18.8 Å². The Morgan fingerprint density at radius 1 is 1.19 bits per heavy atom. The highest BCUT2D eigenvalue weighted by Crippen LogP contribution is 2.25. The molecule has 0 aliphatic carbocycles. The normalized spacial score (nSPS) is 16.5. The Hall–Kier alpha value is -0.670. The molecule has 1 atom stereocenters. The lowest BCUT2D eigenvalue weighted by atomic mass is 10.0. The molecule has 26 heavy (non-hydrogen) atoms. The zero-order valence-corrected chi connectivity index (χ0v) is 19.3. The molecular weight excluding hydrogens is 459 g/mol. The number of hydrogen-bond acceptors (Lipinski definition) is 4. The van der Waals surface area contributed by atoms with Crippen LogP contribution in [-0.4, -0.2) is 63.2 Å². The van der Waals surface area contributed by atoms with Crippen molar-refractivity contribution in [1.82, 2.24) is 15.5 Å². The molecule has 7 heteroatoms. The van der Waals surface area contributed by atoms with Gasteiger partial charge in [-0.1, -0.05) is 18.6 Å². The van der Waals surface area contributed by atoms with Gasteiger partial charge in [-0.05, 0) is 49.9 Å². The van der Waals surface area contributed by atoms with Gasteiger partial charge in [0.15, 0.2) is 5.96 Å². The highest BCUT2D eigenvalue weighted by atomic mass is 127. The van der Waals surface area contributed by atoms with Gasteiger partial charge in [0.25, 0.3) is 0 Å². The number of halogens is 1. The first-order valence-electron chi connectivity index (χ1n) is 9.10. The largest absolute Gasteiger partial charge is 0.497 e. The lowest BCUT2D eigenvalue weighted by Crippen LogP contribution is -2.44. The fourth-order valence-corrected chi connectivity index (χ4v) is 3.51. The molecule has 1 aliphatic heterocycles. The second-order valence-corrected chi connectivity index (χ2v) is 7.24. The molecular formula is C19H33IN4OS. The van der Waals surface area contributed by atoms with E-state index in [2.05, 4.69) is 51.0 Å². The lowest BCUT2D eigenvalue weighted by Gasteiger charge is -2.35. The van der Waals surface area contributed by atoms with Crippen molar-refractivity contribution in [2.45, 2.75) is 25.3 Å². The molecule has 2 N–H and O–H groups in total. The van der Waals surface area contributed by atoms with Crippen LogP contribution in [0.2, 0.25) is 0 Å². The molecule has 1 aliphatic rings. The number of rotatable bonds is 8. The molecule has 0 spiro atoms. The first-order chi connectivity index (χ1) is 12.3. The van der Waals surface area contributed by atoms with Gasteiger partial charge in [0.05, 0.1) is 13.2 Å². The van der Waals surface area contributed by atoms with Crippen molar-refractivity contribution in [3.63, 3.8) is 0 Å². The maximum Gasteiger partial charge on any atom is 0.191 e. The predicted octanol–water partition coefficient (Wildman–Crippen LogP) is 3.37. The van der Waals surface area contributed by atoms with E-state index >= 15 is 0 Å². The molecule has 1 fully saturated rings. The summed E-state index contributed by atoms with van der Waals surface area (Å²) in [5, 5.41) is 6.89. The first kappa shape index (κ1) is 23.4. The molecule has 0 amide bonds. The second-order valence-electron chi connectivity index (χ2n) is 6.26. The third-order valence-corrected chi connectivity index (χ3v) is 5.23. The van der Waals surface area contributed by atoms with Gasteiger partial charge in [0.1, 0.15) is 5.75 Å². The van der Waals surface area contributed by atoms with E-state index < -0.39 is 0 Å². The number of likely N-dealkylation sites (tertiary alicyclic amines) is 1. The number of methoxy groups -OCH3 is 1. The number of piperidine rings is 1. The van der Waals surface area contributed by atoms with Crippen molar-refractivity contribution < 1.29 is 4.74 Å². The van der Waals surface area contributed by atoms with E-state index in [0.717, 1.165) is 43.6 Å². The maximum absolute atomic E-state index is 5.30. The number of hydrogen-bond donors (Lipinski definition) is 2. The van der Waals surface area contributed by atoms with Crippen LogP contribution in [0.5, 0.6) is 5.75 Å². The van der Waals surface area contributed by atoms with Crippen LogP contribution >= 0.6 is 35.7 Å². The first-order valence-corrected chi connectivity index (χ1v) is 10.5. The monoisotopic (exact) mass is 492 g/mol. The third-order valence-electron chi connectivity index (χ3n) is 4.62. The molecule has 1 aromatic carbocycles. The number of ether oxygens (including phenoxy) is 1. The van der Waals surface area contributed by atoms with Crippen molar-refractivity contribution in [3.05, 3.63) is 29.8 Å². The summed E-state index contributed by atoms with van der Waals surface area (Å²) in [6.07, 6.45) is 6.03. The molecule has 0 aromatic heterocycles. The van der Waals surface area contributed by atoms with E-state index in [0.29, 0.717) is 6.04 Å². The zero-order chi connectivity index (χ0) is 17.9. The average molecular weight is 492 g/mol. The third kappa shape index (κ3) is 7.52. The van der Waals surface area contributed by atoms with Gasteiger partial charge in [-0.3, -0.25) is 9.89 Å². The topological polar surface area (TPSA) is 48.9 Å². The van der Waals surface area contributed by atoms with E-state index in [-0.39, 0.29) is 24.0 Å². The molecule has 148 valence electrons. The van der Waals surface area contributed by atoms with Gasteiger partial charge >= 0.3 is 0 Å². The summed E-state index contributed by atoms with van der Waals surface area (Å²) in [4.78, 5) is 6.94. The van der Waals surface area contributed by atoms with E-state index in [1.165, 1.54) is 24.8 Å². The Morgan fingerprint density at radius 2 is 1.88 bits per heavy atom. The summed E-state index contributed by atoms with van der Waals surface area (Å²) in [6.45, 7) is 4.11. The van der Waals surface area contributed by atoms with Gasteiger partial charge < -0.3 is 15.4 Å². The molecule has 1 heterocycles. The van der Waals surface area contributed by atoms with Crippen molar-refractivity contribution in [2.24, 2.45) is 4.99 Å². The van der Waals surface area contributed by atoms with Gasteiger partial charge in [-0.25, -0.2) is 0 Å². The van der Waals surface area contributed by atoms with Gasteiger partial charge in [0, 0.05) is 25.9 Å². The van der Waals surface area contributed by atoms with Crippen LogP contribution in [0.4, 0.5) is 0 Å². The minimum Gasteiger partial charge on any atom is -0.497 e. The molecule has 1 unspecified atom stereocenters. The molecule has 2 rings (SSSR count). The Kier molecular flexibility index (Phi) is 12.1. The Balaban J connectivity index is 0.00000338. The SMILES string of the molecule is CN=C(NCCSC)NCC(c1ccc(OC)cc1)N1CCCCC1.I. The molecule has 0 saturated carbocycles. The molecule has 0 bridgehead atoms. The highest BCUT2D eigenvalue weighted by molar-refractivity contribution is 14.0. The van der Waals surface area contributed by atoms with Crippen LogP contribution in [0.1, 0.15) is 30.9 Å². The number of benzene rings is 1. The van der Waals surface area contributed by atoms with Crippen LogP contribution < -0.4 is 15.4 Å². The molecule has 5 nitrogen and oxygen atoms in total. The van der Waals surface area contributed by atoms with Gasteiger partial charge in [-0.15, -0.1) is 24.0 Å². The fourth-order valence-electron chi connectivity index (χ4n) is 3.20. The average Bonchev–Trinajstić information content (AvgIpc) is 2.68. The molecule has 1 saturated heterocycles. The van der Waals surface area contributed by atoms with E-state index in [9.17, 15) is 0 Å². The number of nitrogens with zero attached hydrogens (tertiary/aromatic N) is 2. The smallest absolute Gasteiger partial charge is 0.191 e. The summed E-state index contributed by atoms with van der Waals surface area (Å²) >= 11 is 1.84. The van der Waals surface area contributed by atoms with Crippen LogP contribution in [0.25, 0.3) is 0 Å². The van der Waals surface area contributed by atoms with Crippen molar-refractivity contribution in [3.8, 4) is 5.75 Å². The zero-order valence-electron chi connectivity index (χ0n) is 16.2. The van der Waals surface area contributed by atoms with E-state index in [1.54, 1.807) is 7.11 Å². The molecule has 0 radical (unpaired) electrons. The fraction of sp³-hybridized carbons (Fsp3) is 0.632. The summed E-state index contributed by atoms with van der Waals surface area (Å²) in [5.74, 6) is 2.86. The van der Waals surface area contributed by atoms with Gasteiger partial charge in [0.2, 0.25) is 0 Å². The lowest BCUT2D eigenvalue weighted by molar-refractivity contribution is 0.164. The minimum absolute atomic E-state index is 0. The number of aliphatic imine (C=N–C) groups is 1. The predicted molar refractivity (Wildman–Crippen MR) is 124 cm³/mol. The summed E-state index contributed by atoms with van der Waals surface area (Å²) in [7, 11) is 3.54. The summed E-state index contributed by atoms with van der Waals surface area (Å²) in [5.41, 5.74) is 1.33. The Labute approximate surface area is 179 Å². The Bertz CT molecular complexity index is 521. The van der Waals surface area contributed by atoms with Crippen molar-refractivity contribution >= 4 is 41.7 Å². The second kappa shape index (κ2) is 13.5. The number of guanidine groups is 1. The van der Waals surface area contributed by atoms with Crippen LogP contribution in [0, 0.1) is 0 Å². The number of thioether (sulfide) groups is 1. The van der Waals surface area contributed by atoms with Crippen molar-refractivity contribution in [1.29, 1.82) is 0 Å². The van der Waals surface area contributed by atoms with Crippen LogP contribution in [0.3, 0.4) is 0 Å². The Morgan fingerprint density at radius 3 is 2.46 bits per heavy atom. The highest BCUT2D eigenvalue weighted by Gasteiger charge is 2.22. The van der Waals surface area contributed by atoms with Crippen LogP contribution in [0.15, 0.2) is 29.3 Å². The quantitative estimate of drug-likeness (QED) is 0.252. The minimum atomic E-state index is 0. The summed E-state index contributed by atoms with van der Waals surface area (Å²) in [6, 6.07) is 8.83. The standard InChI is InChI=1S/C19H32N4OS.HI/c1-20-19(21-11-14-25-3)22-15-18(23-12-5-4-6-13-23)16-7-9-17(24-2)10-8-16;/h7-10,18H,4-6,11-15H2,1-3H3,(H2,20,21,22);1H. The van der Waals surface area contributed by atoms with Gasteiger partial charge in [-0.2, -0.15) is 11.8 Å². The van der Waals surface area contributed by atoms with Crippen LogP contribution in [-0.2, 0) is 0 Å². The number of nitrogens with one attached hydrogen (secondary N) is 2.